The minimum atomic E-state index is -0.109. The lowest BCUT2D eigenvalue weighted by Gasteiger charge is -2.39. The molecule has 3 rings (SSSR count). The average Bonchev–Trinajstić information content (AvgIpc) is 2.86. The molecule has 0 bridgehead atoms. The van der Waals surface area contributed by atoms with Crippen molar-refractivity contribution in [3.63, 3.8) is 0 Å². The Kier molecular flexibility index (Phi) is 3.48. The van der Waals surface area contributed by atoms with Crippen molar-refractivity contribution in [2.45, 2.75) is 51.1 Å². The lowest BCUT2D eigenvalue weighted by atomic mass is 9.91. The second-order valence-corrected chi connectivity index (χ2v) is 6.09. The number of halogens is 1. The van der Waals surface area contributed by atoms with Crippen molar-refractivity contribution in [1.82, 2.24) is 0 Å². The van der Waals surface area contributed by atoms with Crippen LogP contribution in [0.1, 0.15) is 50.6 Å². The van der Waals surface area contributed by atoms with Crippen molar-refractivity contribution in [2.24, 2.45) is 11.7 Å². The zero-order valence-corrected chi connectivity index (χ0v) is 11.6. The van der Waals surface area contributed by atoms with Crippen LogP contribution in [0.25, 0.3) is 0 Å². The Morgan fingerprint density at radius 3 is 2.79 bits per heavy atom. The van der Waals surface area contributed by atoms with Crippen LogP contribution in [0, 0.1) is 11.7 Å². The SMILES string of the molecule is C[C@H](N)c1ccc(N2CCCC3CCCC32)c(F)c1. The summed E-state index contributed by atoms with van der Waals surface area (Å²) in [6, 6.07) is 5.96. The minimum absolute atomic E-state index is 0.107. The van der Waals surface area contributed by atoms with E-state index in [0.717, 1.165) is 23.7 Å². The number of nitrogens with two attached hydrogens (primary N) is 1. The highest BCUT2D eigenvalue weighted by Gasteiger charge is 2.35. The first kappa shape index (κ1) is 12.9. The summed E-state index contributed by atoms with van der Waals surface area (Å²) in [6.07, 6.45) is 6.35. The zero-order chi connectivity index (χ0) is 13.4. The molecule has 0 radical (unpaired) electrons. The van der Waals surface area contributed by atoms with Crippen LogP contribution in [0.3, 0.4) is 0 Å². The molecule has 1 aliphatic carbocycles. The Labute approximate surface area is 114 Å². The second kappa shape index (κ2) is 5.12. The number of benzene rings is 1. The summed E-state index contributed by atoms with van der Waals surface area (Å²) in [7, 11) is 0. The van der Waals surface area contributed by atoms with Crippen molar-refractivity contribution in [3.8, 4) is 0 Å². The number of nitrogens with zero attached hydrogens (tertiary/aromatic N) is 1. The Morgan fingerprint density at radius 1 is 1.26 bits per heavy atom. The van der Waals surface area contributed by atoms with Crippen molar-refractivity contribution in [2.75, 3.05) is 11.4 Å². The van der Waals surface area contributed by atoms with E-state index in [1.54, 1.807) is 6.07 Å². The van der Waals surface area contributed by atoms with Crippen LogP contribution in [0.4, 0.5) is 10.1 Å². The molecular weight excluding hydrogens is 239 g/mol. The maximum absolute atomic E-state index is 14.4. The van der Waals surface area contributed by atoms with E-state index in [0.29, 0.717) is 6.04 Å². The van der Waals surface area contributed by atoms with Crippen molar-refractivity contribution < 1.29 is 4.39 Å². The molecule has 104 valence electrons. The molecule has 1 aromatic rings. The summed E-state index contributed by atoms with van der Waals surface area (Å²) in [5.74, 6) is 0.670. The quantitative estimate of drug-likeness (QED) is 0.882. The van der Waals surface area contributed by atoms with E-state index in [1.807, 2.05) is 19.1 Å². The third-order valence-corrected chi connectivity index (χ3v) is 4.80. The highest BCUT2D eigenvalue weighted by atomic mass is 19.1. The number of fused-ring (bicyclic) bond motifs is 1. The number of piperidine rings is 1. The van der Waals surface area contributed by atoms with Gasteiger partial charge >= 0.3 is 0 Å². The summed E-state index contributed by atoms with van der Waals surface area (Å²) < 4.78 is 14.4. The molecule has 0 aromatic heterocycles. The zero-order valence-electron chi connectivity index (χ0n) is 11.6. The van der Waals surface area contributed by atoms with Gasteiger partial charge in [0.2, 0.25) is 0 Å². The van der Waals surface area contributed by atoms with Gasteiger partial charge in [-0.25, -0.2) is 4.39 Å². The molecule has 3 heteroatoms. The van der Waals surface area contributed by atoms with Gasteiger partial charge in [-0.15, -0.1) is 0 Å². The molecule has 2 fully saturated rings. The maximum Gasteiger partial charge on any atom is 0.146 e. The molecule has 2 nitrogen and oxygen atoms in total. The van der Waals surface area contributed by atoms with E-state index in [-0.39, 0.29) is 11.9 Å². The summed E-state index contributed by atoms with van der Waals surface area (Å²) in [4.78, 5) is 2.31. The first-order chi connectivity index (χ1) is 9.16. The van der Waals surface area contributed by atoms with E-state index < -0.39 is 0 Å². The monoisotopic (exact) mass is 262 g/mol. The molecule has 1 heterocycles. The van der Waals surface area contributed by atoms with Gasteiger partial charge in [0, 0.05) is 18.6 Å². The minimum Gasteiger partial charge on any atom is -0.366 e. The lowest BCUT2D eigenvalue weighted by Crippen LogP contribution is -2.43. The molecular formula is C16H23FN2. The third kappa shape index (κ3) is 2.36. The fraction of sp³-hybridized carbons (Fsp3) is 0.625. The van der Waals surface area contributed by atoms with Gasteiger partial charge in [-0.2, -0.15) is 0 Å². The highest BCUT2D eigenvalue weighted by molar-refractivity contribution is 5.51. The summed E-state index contributed by atoms with van der Waals surface area (Å²) >= 11 is 0. The number of hydrogen-bond acceptors (Lipinski definition) is 2. The van der Waals surface area contributed by atoms with Crippen LogP contribution in [0.2, 0.25) is 0 Å². The fourth-order valence-corrected chi connectivity index (χ4v) is 3.79. The maximum atomic E-state index is 14.4. The molecule has 2 aliphatic rings. The summed E-state index contributed by atoms with van der Waals surface area (Å²) in [5.41, 5.74) is 7.47. The van der Waals surface area contributed by atoms with E-state index in [2.05, 4.69) is 4.90 Å². The van der Waals surface area contributed by atoms with Gasteiger partial charge in [0.25, 0.3) is 0 Å². The number of hydrogen-bond donors (Lipinski definition) is 1. The van der Waals surface area contributed by atoms with E-state index in [4.69, 9.17) is 5.73 Å². The smallest absolute Gasteiger partial charge is 0.146 e. The normalized spacial score (nSPS) is 28.3. The van der Waals surface area contributed by atoms with Crippen LogP contribution >= 0.6 is 0 Å². The van der Waals surface area contributed by atoms with Gasteiger partial charge in [0.05, 0.1) is 5.69 Å². The van der Waals surface area contributed by atoms with Crippen molar-refractivity contribution >= 4 is 5.69 Å². The van der Waals surface area contributed by atoms with Gasteiger partial charge in [-0.3, -0.25) is 0 Å². The Bertz CT molecular complexity index is 458. The van der Waals surface area contributed by atoms with Gasteiger partial charge in [-0.05, 0) is 56.2 Å². The number of anilines is 1. The van der Waals surface area contributed by atoms with Gasteiger partial charge in [0.15, 0.2) is 0 Å². The molecule has 1 saturated carbocycles. The first-order valence-electron chi connectivity index (χ1n) is 7.48. The van der Waals surface area contributed by atoms with Crippen molar-refractivity contribution in [1.29, 1.82) is 0 Å². The van der Waals surface area contributed by atoms with Gasteiger partial charge < -0.3 is 10.6 Å². The Balaban J connectivity index is 1.88. The molecule has 1 aliphatic heterocycles. The van der Waals surface area contributed by atoms with E-state index in [9.17, 15) is 4.39 Å². The Morgan fingerprint density at radius 2 is 2.05 bits per heavy atom. The highest BCUT2D eigenvalue weighted by Crippen LogP contribution is 2.40. The Hall–Kier alpha value is -1.09. The fourth-order valence-electron chi connectivity index (χ4n) is 3.79. The van der Waals surface area contributed by atoms with Crippen molar-refractivity contribution in [3.05, 3.63) is 29.6 Å². The summed E-state index contributed by atoms with van der Waals surface area (Å²) in [5, 5.41) is 0. The predicted octanol–water partition coefficient (Wildman–Crippen LogP) is 3.61. The van der Waals surface area contributed by atoms with Crippen LogP contribution in [-0.2, 0) is 0 Å². The molecule has 0 spiro atoms. The van der Waals surface area contributed by atoms with Gasteiger partial charge in [0.1, 0.15) is 5.82 Å². The molecule has 1 saturated heterocycles. The molecule has 19 heavy (non-hydrogen) atoms. The second-order valence-electron chi connectivity index (χ2n) is 6.09. The lowest BCUT2D eigenvalue weighted by molar-refractivity contribution is 0.359. The topological polar surface area (TPSA) is 29.3 Å². The third-order valence-electron chi connectivity index (χ3n) is 4.80. The van der Waals surface area contributed by atoms with Crippen LogP contribution in [0.5, 0.6) is 0 Å². The molecule has 0 amide bonds. The molecule has 1 aromatic carbocycles. The summed E-state index contributed by atoms with van der Waals surface area (Å²) in [6.45, 7) is 2.89. The average molecular weight is 262 g/mol. The van der Waals surface area contributed by atoms with E-state index >= 15 is 0 Å². The molecule has 2 N–H and O–H groups in total. The largest absolute Gasteiger partial charge is 0.366 e. The van der Waals surface area contributed by atoms with Crippen LogP contribution < -0.4 is 10.6 Å². The first-order valence-corrected chi connectivity index (χ1v) is 7.48. The van der Waals surface area contributed by atoms with Crippen LogP contribution in [0.15, 0.2) is 18.2 Å². The number of rotatable bonds is 2. The standard InChI is InChI=1S/C16H23FN2/c1-11(18)13-7-8-16(14(17)10-13)19-9-3-5-12-4-2-6-15(12)19/h7-8,10-12,15H,2-6,9,18H2,1H3/t11-,12?,15?/m0/s1. The van der Waals surface area contributed by atoms with Crippen LogP contribution in [-0.4, -0.2) is 12.6 Å². The van der Waals surface area contributed by atoms with Gasteiger partial charge in [-0.1, -0.05) is 12.5 Å². The predicted molar refractivity (Wildman–Crippen MR) is 76.7 cm³/mol. The molecule has 3 atom stereocenters. The molecule has 2 unspecified atom stereocenters. The van der Waals surface area contributed by atoms with E-state index in [1.165, 1.54) is 32.1 Å².